The molecule has 2 unspecified atom stereocenters. The summed E-state index contributed by atoms with van der Waals surface area (Å²) in [5, 5.41) is 0.526. The smallest absolute Gasteiger partial charge is 0.228 e. The third-order valence-electron chi connectivity index (χ3n) is 5.82. The molecule has 0 radical (unpaired) electrons. The Hall–Kier alpha value is -2.53. The van der Waals surface area contributed by atoms with E-state index in [1.807, 2.05) is 24.1 Å². The highest BCUT2D eigenvalue weighted by Crippen LogP contribution is 2.38. The molecule has 1 heterocycles. The summed E-state index contributed by atoms with van der Waals surface area (Å²) in [6.45, 7) is 0.340. The van der Waals surface area contributed by atoms with Gasteiger partial charge >= 0.3 is 0 Å². The Labute approximate surface area is 169 Å². The molecule has 146 valence electrons. The molecule has 2 aromatic rings. The third kappa shape index (κ3) is 3.24. The van der Waals surface area contributed by atoms with E-state index in [0.29, 0.717) is 23.0 Å². The van der Waals surface area contributed by atoms with Crippen LogP contribution < -0.4 is 9.64 Å². The predicted octanol–water partition coefficient (Wildman–Crippen LogP) is 3.85. The van der Waals surface area contributed by atoms with E-state index in [1.165, 1.54) is 11.1 Å². The van der Waals surface area contributed by atoms with Gasteiger partial charge in [-0.05, 0) is 42.2 Å². The van der Waals surface area contributed by atoms with Crippen LogP contribution in [0, 0.1) is 5.92 Å². The molecule has 28 heavy (non-hydrogen) atoms. The molecule has 1 aliphatic heterocycles. The Morgan fingerprint density at radius 2 is 2.04 bits per heavy atom. The van der Waals surface area contributed by atoms with Gasteiger partial charge in [-0.3, -0.25) is 9.59 Å². The van der Waals surface area contributed by atoms with Crippen molar-refractivity contribution in [3.05, 3.63) is 58.6 Å². The number of aryl methyl sites for hydroxylation is 1. The number of halogens is 1. The quantitative estimate of drug-likeness (QED) is 0.786. The summed E-state index contributed by atoms with van der Waals surface area (Å²) in [4.78, 5) is 29.3. The van der Waals surface area contributed by atoms with Gasteiger partial charge in [-0.25, -0.2) is 0 Å². The Morgan fingerprint density at radius 3 is 2.82 bits per heavy atom. The van der Waals surface area contributed by atoms with Crippen LogP contribution in [0.15, 0.2) is 42.5 Å². The van der Waals surface area contributed by atoms with Crippen molar-refractivity contribution >= 4 is 29.1 Å². The van der Waals surface area contributed by atoms with Crippen LogP contribution in [0.1, 0.15) is 30.0 Å². The number of anilines is 1. The number of methoxy groups -OCH3 is 1. The van der Waals surface area contributed by atoms with E-state index in [0.717, 1.165) is 12.8 Å². The van der Waals surface area contributed by atoms with Crippen LogP contribution in [-0.4, -0.2) is 37.4 Å². The van der Waals surface area contributed by atoms with Crippen LogP contribution in [-0.2, 0) is 16.0 Å². The van der Waals surface area contributed by atoms with Gasteiger partial charge in [0.05, 0.1) is 24.8 Å². The highest BCUT2D eigenvalue weighted by molar-refractivity contribution is 6.31. The minimum atomic E-state index is -0.367. The van der Waals surface area contributed by atoms with Crippen LogP contribution in [0.4, 0.5) is 5.69 Å². The number of rotatable bonds is 4. The first-order chi connectivity index (χ1) is 13.5. The van der Waals surface area contributed by atoms with E-state index in [-0.39, 0.29) is 30.2 Å². The third-order valence-corrected chi connectivity index (χ3v) is 6.06. The zero-order valence-electron chi connectivity index (χ0n) is 16.0. The molecule has 1 fully saturated rings. The topological polar surface area (TPSA) is 49.9 Å². The molecule has 0 N–H and O–H groups in total. The molecule has 1 saturated heterocycles. The highest BCUT2D eigenvalue weighted by Gasteiger charge is 2.40. The maximum absolute atomic E-state index is 13.2. The molecular formula is C22H23ClN2O3. The van der Waals surface area contributed by atoms with Crippen molar-refractivity contribution in [1.29, 1.82) is 0 Å². The number of hydrogen-bond donors (Lipinski definition) is 0. The maximum Gasteiger partial charge on any atom is 0.228 e. The SMILES string of the molecule is COc1ccc(Cl)cc1N1CC(C(=O)N(C)C2CCc3ccccc32)CC1=O. The van der Waals surface area contributed by atoms with Gasteiger partial charge in [-0.1, -0.05) is 35.9 Å². The lowest BCUT2D eigenvalue weighted by Gasteiger charge is -2.28. The fourth-order valence-electron chi connectivity index (χ4n) is 4.36. The lowest BCUT2D eigenvalue weighted by atomic mass is 10.0. The standard InChI is InChI=1S/C22H23ClN2O3/c1-24(18-9-7-14-5-3-4-6-17(14)18)22(27)15-11-21(26)25(13-15)19-12-16(23)8-10-20(19)28-2/h3-6,8,10,12,15,18H,7,9,11,13H2,1-2H3. The van der Waals surface area contributed by atoms with Crippen molar-refractivity contribution in [3.63, 3.8) is 0 Å². The van der Waals surface area contributed by atoms with Crippen molar-refractivity contribution in [3.8, 4) is 5.75 Å². The average Bonchev–Trinajstić information content (AvgIpc) is 3.30. The van der Waals surface area contributed by atoms with E-state index < -0.39 is 0 Å². The second kappa shape index (κ2) is 7.47. The molecular weight excluding hydrogens is 376 g/mol. The van der Waals surface area contributed by atoms with Crippen molar-refractivity contribution in [2.45, 2.75) is 25.3 Å². The number of benzene rings is 2. The van der Waals surface area contributed by atoms with Crippen LogP contribution in [0.2, 0.25) is 5.02 Å². The molecule has 2 aromatic carbocycles. The molecule has 2 atom stereocenters. The first kappa shape index (κ1) is 18.8. The van der Waals surface area contributed by atoms with Gasteiger partial charge in [0.2, 0.25) is 11.8 Å². The largest absolute Gasteiger partial charge is 0.495 e. The first-order valence-electron chi connectivity index (χ1n) is 9.48. The second-order valence-electron chi connectivity index (χ2n) is 7.42. The molecule has 6 heteroatoms. The summed E-state index contributed by atoms with van der Waals surface area (Å²) in [5.41, 5.74) is 3.14. The van der Waals surface area contributed by atoms with Gasteiger partial charge in [0.1, 0.15) is 5.75 Å². The van der Waals surface area contributed by atoms with E-state index in [2.05, 4.69) is 12.1 Å². The summed E-state index contributed by atoms with van der Waals surface area (Å²) < 4.78 is 5.38. The molecule has 0 spiro atoms. The number of carbonyl (C=O) groups is 2. The molecule has 2 aliphatic rings. The van der Waals surface area contributed by atoms with Gasteiger partial charge in [0.25, 0.3) is 0 Å². The van der Waals surface area contributed by atoms with E-state index in [9.17, 15) is 9.59 Å². The molecule has 0 bridgehead atoms. The van der Waals surface area contributed by atoms with E-state index >= 15 is 0 Å². The minimum Gasteiger partial charge on any atom is -0.495 e. The number of ether oxygens (including phenoxy) is 1. The van der Waals surface area contributed by atoms with Crippen LogP contribution >= 0.6 is 11.6 Å². The number of fused-ring (bicyclic) bond motifs is 1. The van der Waals surface area contributed by atoms with Crippen LogP contribution in [0.5, 0.6) is 5.75 Å². The normalized spacial score (nSPS) is 21.0. The molecule has 5 nitrogen and oxygen atoms in total. The van der Waals surface area contributed by atoms with Crippen LogP contribution in [0.3, 0.4) is 0 Å². The number of amides is 2. The van der Waals surface area contributed by atoms with Crippen molar-refractivity contribution in [2.75, 3.05) is 25.6 Å². The molecule has 4 rings (SSSR count). The second-order valence-corrected chi connectivity index (χ2v) is 7.86. The minimum absolute atomic E-state index is 0.0125. The Bertz CT molecular complexity index is 930. The fraction of sp³-hybridized carbons (Fsp3) is 0.364. The lowest BCUT2D eigenvalue weighted by Crippen LogP contribution is -2.36. The zero-order chi connectivity index (χ0) is 19.8. The van der Waals surface area contributed by atoms with E-state index in [4.69, 9.17) is 16.3 Å². The zero-order valence-corrected chi connectivity index (χ0v) is 16.8. The van der Waals surface area contributed by atoms with Gasteiger partial charge in [-0.15, -0.1) is 0 Å². The highest BCUT2D eigenvalue weighted by atomic mass is 35.5. The Kier molecular flexibility index (Phi) is 5.02. The summed E-state index contributed by atoms with van der Waals surface area (Å²) in [6, 6.07) is 13.5. The fourth-order valence-corrected chi connectivity index (χ4v) is 4.52. The molecule has 0 saturated carbocycles. The monoisotopic (exact) mass is 398 g/mol. The lowest BCUT2D eigenvalue weighted by molar-refractivity contribution is -0.136. The summed E-state index contributed by atoms with van der Waals surface area (Å²) >= 11 is 6.11. The van der Waals surface area contributed by atoms with Crippen molar-refractivity contribution in [2.24, 2.45) is 5.92 Å². The average molecular weight is 399 g/mol. The van der Waals surface area contributed by atoms with Gasteiger partial charge in [0, 0.05) is 25.0 Å². The molecule has 1 aliphatic carbocycles. The molecule has 0 aromatic heterocycles. The van der Waals surface area contributed by atoms with Crippen molar-refractivity contribution < 1.29 is 14.3 Å². The number of hydrogen-bond acceptors (Lipinski definition) is 3. The van der Waals surface area contributed by atoms with Crippen molar-refractivity contribution in [1.82, 2.24) is 4.90 Å². The maximum atomic E-state index is 13.2. The Balaban J connectivity index is 1.53. The molecule has 2 amide bonds. The predicted molar refractivity (Wildman–Crippen MR) is 109 cm³/mol. The summed E-state index contributed by atoms with van der Waals surface area (Å²) in [5.74, 6) is 0.135. The first-order valence-corrected chi connectivity index (χ1v) is 9.85. The van der Waals surface area contributed by atoms with E-state index in [1.54, 1.807) is 30.2 Å². The summed E-state index contributed by atoms with van der Waals surface area (Å²) in [7, 11) is 3.41. The van der Waals surface area contributed by atoms with Crippen LogP contribution in [0.25, 0.3) is 0 Å². The number of nitrogens with zero attached hydrogens (tertiary/aromatic N) is 2. The van der Waals surface area contributed by atoms with Gasteiger partial charge in [-0.2, -0.15) is 0 Å². The summed E-state index contributed by atoms with van der Waals surface area (Å²) in [6.07, 6.45) is 2.11. The van der Waals surface area contributed by atoms with Gasteiger partial charge < -0.3 is 14.5 Å². The Morgan fingerprint density at radius 1 is 1.25 bits per heavy atom. The van der Waals surface area contributed by atoms with Gasteiger partial charge in [0.15, 0.2) is 0 Å². The number of carbonyl (C=O) groups excluding carboxylic acids is 2.